The summed E-state index contributed by atoms with van der Waals surface area (Å²) in [5.41, 5.74) is 2.85. The molecule has 0 aliphatic rings. The van der Waals surface area contributed by atoms with Gasteiger partial charge < -0.3 is 0 Å². The van der Waals surface area contributed by atoms with E-state index in [1.54, 1.807) is 0 Å². The molecule has 0 saturated carbocycles. The summed E-state index contributed by atoms with van der Waals surface area (Å²) in [7, 11) is 0. The van der Waals surface area contributed by atoms with Gasteiger partial charge in [-0.3, -0.25) is 0 Å². The molecule has 0 heteroatoms. The van der Waals surface area contributed by atoms with Gasteiger partial charge >= 0.3 is 0 Å². The fourth-order valence-electron chi connectivity index (χ4n) is 2.79. The molecular formula is C20H38. The fraction of sp³-hybridized carbons (Fsp3) is 0.850. The van der Waals surface area contributed by atoms with Gasteiger partial charge in [0.1, 0.15) is 0 Å². The predicted molar refractivity (Wildman–Crippen MR) is 93.2 cm³/mol. The second kappa shape index (κ2) is 16.6. The molecule has 0 N–H and O–H groups in total. The predicted octanol–water partition coefficient (Wildman–Crippen LogP) is 7.44. The molecule has 1 atom stereocenters. The summed E-state index contributed by atoms with van der Waals surface area (Å²) in [5.74, 6) is 0.943. The van der Waals surface area contributed by atoms with Crippen molar-refractivity contribution in [1.29, 1.82) is 0 Å². The maximum atomic E-state index is 3.59. The summed E-state index contributed by atoms with van der Waals surface area (Å²) in [6, 6.07) is 0. The molecule has 118 valence electrons. The summed E-state index contributed by atoms with van der Waals surface area (Å²) in [6.45, 7) is 8.33. The van der Waals surface area contributed by atoms with Crippen molar-refractivity contribution in [1.82, 2.24) is 0 Å². The molecule has 1 unspecified atom stereocenters. The van der Waals surface area contributed by atoms with E-state index in [1.165, 1.54) is 83.5 Å². The molecule has 0 amide bonds. The minimum atomic E-state index is 0.943. The first-order valence-corrected chi connectivity index (χ1v) is 9.15. The quantitative estimate of drug-likeness (QED) is 0.215. The Hall–Kier alpha value is -0.480. The summed E-state index contributed by atoms with van der Waals surface area (Å²) in [5, 5.41) is 0. The van der Waals surface area contributed by atoms with E-state index in [2.05, 4.69) is 32.2 Å². The zero-order valence-electron chi connectivity index (χ0n) is 14.3. The van der Waals surface area contributed by atoms with Crippen molar-refractivity contribution in [2.75, 3.05) is 0 Å². The van der Waals surface area contributed by atoms with Crippen LogP contribution in [-0.2, 0) is 0 Å². The zero-order chi connectivity index (χ0) is 14.9. The minimum Gasteiger partial charge on any atom is -0.133 e. The summed E-state index contributed by atoms with van der Waals surface area (Å²) in [6.07, 6.45) is 21.7. The molecule has 0 rings (SSSR count). The third-order valence-electron chi connectivity index (χ3n) is 4.24. The van der Waals surface area contributed by atoms with Crippen LogP contribution in [0.5, 0.6) is 0 Å². The van der Waals surface area contributed by atoms with Crippen LogP contribution >= 0.6 is 0 Å². The molecule has 20 heavy (non-hydrogen) atoms. The SMILES string of the molecule is C=C=CCCCCCCC(C)CCCCCCCCC. The third kappa shape index (κ3) is 15.6. The Labute approximate surface area is 128 Å². The van der Waals surface area contributed by atoms with E-state index in [0.29, 0.717) is 0 Å². The molecule has 0 aromatic heterocycles. The number of hydrogen-bond acceptors (Lipinski definition) is 0. The first kappa shape index (κ1) is 19.5. The van der Waals surface area contributed by atoms with E-state index < -0.39 is 0 Å². The molecule has 0 nitrogen and oxygen atoms in total. The fourth-order valence-corrected chi connectivity index (χ4v) is 2.79. The molecule has 0 radical (unpaired) electrons. The van der Waals surface area contributed by atoms with Gasteiger partial charge in [0, 0.05) is 0 Å². The van der Waals surface area contributed by atoms with E-state index in [0.717, 1.165) is 12.3 Å². The Balaban J connectivity index is 3.16. The smallest absolute Gasteiger partial charge is 0.0275 e. The highest BCUT2D eigenvalue weighted by atomic mass is 14.1. The van der Waals surface area contributed by atoms with Crippen molar-refractivity contribution in [3.05, 3.63) is 18.4 Å². The van der Waals surface area contributed by atoms with Gasteiger partial charge in [-0.1, -0.05) is 97.5 Å². The highest BCUT2D eigenvalue weighted by molar-refractivity contribution is 4.74. The van der Waals surface area contributed by atoms with Gasteiger partial charge in [-0.2, -0.15) is 0 Å². The van der Waals surface area contributed by atoms with Gasteiger partial charge in [-0.15, -0.1) is 5.73 Å². The summed E-state index contributed by atoms with van der Waals surface area (Å²) in [4.78, 5) is 0. The van der Waals surface area contributed by atoms with Gasteiger partial charge in [0.05, 0.1) is 0 Å². The van der Waals surface area contributed by atoms with Gasteiger partial charge in [0.15, 0.2) is 0 Å². The van der Waals surface area contributed by atoms with E-state index in [-0.39, 0.29) is 0 Å². The van der Waals surface area contributed by atoms with Crippen LogP contribution in [0.3, 0.4) is 0 Å². The average molecular weight is 279 g/mol. The molecule has 0 spiro atoms. The molecule has 0 aromatic carbocycles. The van der Waals surface area contributed by atoms with Crippen LogP contribution in [0.4, 0.5) is 0 Å². The third-order valence-corrected chi connectivity index (χ3v) is 4.24. The van der Waals surface area contributed by atoms with Crippen LogP contribution in [0, 0.1) is 5.92 Å². The highest BCUT2D eigenvalue weighted by Crippen LogP contribution is 2.18. The van der Waals surface area contributed by atoms with Crippen LogP contribution < -0.4 is 0 Å². The van der Waals surface area contributed by atoms with Crippen molar-refractivity contribution in [3.8, 4) is 0 Å². The first-order valence-electron chi connectivity index (χ1n) is 9.15. The Morgan fingerprint density at radius 1 is 0.800 bits per heavy atom. The lowest BCUT2D eigenvalue weighted by Gasteiger charge is -2.10. The number of allylic oxidation sites excluding steroid dienone is 1. The van der Waals surface area contributed by atoms with E-state index in [4.69, 9.17) is 0 Å². The van der Waals surface area contributed by atoms with E-state index in [9.17, 15) is 0 Å². The van der Waals surface area contributed by atoms with Crippen LogP contribution in [0.25, 0.3) is 0 Å². The van der Waals surface area contributed by atoms with Gasteiger partial charge in [0.25, 0.3) is 0 Å². The summed E-state index contributed by atoms with van der Waals surface area (Å²) < 4.78 is 0. The van der Waals surface area contributed by atoms with Crippen molar-refractivity contribution in [3.63, 3.8) is 0 Å². The molecular weight excluding hydrogens is 240 g/mol. The maximum Gasteiger partial charge on any atom is -0.0275 e. The monoisotopic (exact) mass is 278 g/mol. The molecule has 0 saturated heterocycles. The van der Waals surface area contributed by atoms with Crippen LogP contribution in [0.15, 0.2) is 18.4 Å². The average Bonchev–Trinajstić information content (AvgIpc) is 2.45. The van der Waals surface area contributed by atoms with Crippen LogP contribution in [0.2, 0.25) is 0 Å². The second-order valence-corrected chi connectivity index (χ2v) is 6.41. The van der Waals surface area contributed by atoms with Crippen molar-refractivity contribution in [2.45, 2.75) is 104 Å². The molecule has 0 aromatic rings. The van der Waals surface area contributed by atoms with Gasteiger partial charge in [0.2, 0.25) is 0 Å². The van der Waals surface area contributed by atoms with Crippen molar-refractivity contribution in [2.24, 2.45) is 5.92 Å². The highest BCUT2D eigenvalue weighted by Gasteiger charge is 2.01. The van der Waals surface area contributed by atoms with E-state index in [1.807, 2.05) is 0 Å². The molecule has 0 aliphatic heterocycles. The largest absolute Gasteiger partial charge is 0.133 e. The van der Waals surface area contributed by atoms with Crippen LogP contribution in [-0.4, -0.2) is 0 Å². The lowest BCUT2D eigenvalue weighted by molar-refractivity contribution is 0.432. The standard InChI is InChI=1S/C20H38/c1-4-6-8-10-12-14-16-18-20(3)19-17-15-13-11-9-7-5-2/h6,20H,1,5,7-19H2,2-3H3. The van der Waals surface area contributed by atoms with Crippen LogP contribution in [0.1, 0.15) is 104 Å². The molecule has 0 heterocycles. The number of unbranched alkanes of at least 4 members (excludes halogenated alkanes) is 10. The van der Waals surface area contributed by atoms with Gasteiger partial charge in [-0.25, -0.2) is 0 Å². The maximum absolute atomic E-state index is 3.59. The Morgan fingerprint density at radius 2 is 1.30 bits per heavy atom. The second-order valence-electron chi connectivity index (χ2n) is 6.41. The Morgan fingerprint density at radius 3 is 1.85 bits per heavy atom. The Kier molecular flexibility index (Phi) is 16.2. The summed E-state index contributed by atoms with van der Waals surface area (Å²) >= 11 is 0. The number of rotatable bonds is 15. The molecule has 0 fully saturated rings. The normalized spacial score (nSPS) is 12.1. The zero-order valence-corrected chi connectivity index (χ0v) is 14.3. The number of hydrogen-bond donors (Lipinski definition) is 0. The topological polar surface area (TPSA) is 0 Å². The minimum absolute atomic E-state index is 0.943. The Bertz CT molecular complexity index is 222. The lowest BCUT2D eigenvalue weighted by atomic mass is 9.96. The first-order chi connectivity index (χ1) is 9.81. The lowest BCUT2D eigenvalue weighted by Crippen LogP contribution is -1.95. The molecule has 0 bridgehead atoms. The van der Waals surface area contributed by atoms with E-state index >= 15 is 0 Å². The van der Waals surface area contributed by atoms with Crippen molar-refractivity contribution < 1.29 is 0 Å². The van der Waals surface area contributed by atoms with Gasteiger partial charge in [-0.05, 0) is 24.8 Å². The molecule has 0 aliphatic carbocycles. The van der Waals surface area contributed by atoms with Crippen molar-refractivity contribution >= 4 is 0 Å².